The number of fused-ring (bicyclic) bond motifs is 1. The van der Waals surface area contributed by atoms with Gasteiger partial charge in [-0.25, -0.2) is 4.79 Å². The number of piperazine rings is 1. The van der Waals surface area contributed by atoms with Gasteiger partial charge in [0.2, 0.25) is 5.76 Å². The molecule has 0 radical (unpaired) electrons. The first-order valence-electron chi connectivity index (χ1n) is 7.05. The number of carbonyl (C=O) groups excluding carboxylic acids is 1. The van der Waals surface area contributed by atoms with Crippen molar-refractivity contribution in [2.75, 3.05) is 37.7 Å². The van der Waals surface area contributed by atoms with Gasteiger partial charge in [-0.3, -0.25) is 0 Å². The third kappa shape index (κ3) is 3.43. The van der Waals surface area contributed by atoms with Crippen LogP contribution in [0.5, 0.6) is 0 Å². The van der Waals surface area contributed by atoms with Gasteiger partial charge in [0.05, 0.1) is 0 Å². The van der Waals surface area contributed by atoms with Crippen LogP contribution < -0.4 is 10.2 Å². The minimum Gasteiger partial charge on any atom is -0.456 e. The summed E-state index contributed by atoms with van der Waals surface area (Å²) >= 11 is 0. The van der Waals surface area contributed by atoms with Crippen LogP contribution in [-0.2, 0) is 4.74 Å². The Balaban J connectivity index is 0.00000176. The summed E-state index contributed by atoms with van der Waals surface area (Å²) in [4.78, 5) is 14.1. The summed E-state index contributed by atoms with van der Waals surface area (Å²) in [6.45, 7) is 7.64. The van der Waals surface area contributed by atoms with Crippen molar-refractivity contribution in [3.8, 4) is 0 Å². The standard InChI is InChI=1S/C16H18N2O3.ClH/c1-2-9-20-16(19)15-11-12-10-13(3-4-14(12)21-15)18-7-5-17-6-8-18;/h2-4,10-11,17H,1,5-9H2;1H. The number of hydrogen-bond acceptors (Lipinski definition) is 5. The second-order valence-electron chi connectivity index (χ2n) is 4.96. The predicted molar refractivity (Wildman–Crippen MR) is 89.0 cm³/mol. The molecule has 118 valence electrons. The van der Waals surface area contributed by atoms with Crippen molar-refractivity contribution >= 4 is 35.0 Å². The van der Waals surface area contributed by atoms with Crippen LogP contribution in [-0.4, -0.2) is 38.8 Å². The molecule has 0 bridgehead atoms. The Morgan fingerprint density at radius 1 is 1.36 bits per heavy atom. The zero-order valence-electron chi connectivity index (χ0n) is 12.2. The summed E-state index contributed by atoms with van der Waals surface area (Å²) in [5, 5.41) is 4.24. The Bertz CT molecular complexity index is 662. The molecule has 0 saturated carbocycles. The predicted octanol–water partition coefficient (Wildman–Crippen LogP) is 2.61. The number of furan rings is 1. The Labute approximate surface area is 135 Å². The second-order valence-corrected chi connectivity index (χ2v) is 4.96. The van der Waals surface area contributed by atoms with E-state index >= 15 is 0 Å². The zero-order chi connectivity index (χ0) is 14.7. The highest BCUT2D eigenvalue weighted by Crippen LogP contribution is 2.25. The molecule has 1 aromatic carbocycles. The van der Waals surface area contributed by atoms with Gasteiger partial charge in [0.15, 0.2) is 0 Å². The topological polar surface area (TPSA) is 54.7 Å². The van der Waals surface area contributed by atoms with Gasteiger partial charge in [-0.05, 0) is 24.3 Å². The van der Waals surface area contributed by atoms with Gasteiger partial charge in [0.1, 0.15) is 12.2 Å². The number of carbonyl (C=O) groups is 1. The van der Waals surface area contributed by atoms with Gasteiger partial charge in [-0.15, -0.1) is 12.4 Å². The maximum Gasteiger partial charge on any atom is 0.374 e. The summed E-state index contributed by atoms with van der Waals surface area (Å²) in [7, 11) is 0. The fourth-order valence-electron chi connectivity index (χ4n) is 2.46. The lowest BCUT2D eigenvalue weighted by molar-refractivity contribution is 0.0516. The Morgan fingerprint density at radius 2 is 2.14 bits per heavy atom. The summed E-state index contributed by atoms with van der Waals surface area (Å²) in [6, 6.07) is 7.70. The van der Waals surface area contributed by atoms with Crippen LogP contribution in [0.25, 0.3) is 11.0 Å². The molecule has 2 heterocycles. The molecule has 1 fully saturated rings. The molecule has 1 aromatic heterocycles. The average Bonchev–Trinajstić information content (AvgIpc) is 2.96. The van der Waals surface area contributed by atoms with Gasteiger partial charge in [-0.1, -0.05) is 12.7 Å². The molecule has 1 aliphatic heterocycles. The van der Waals surface area contributed by atoms with E-state index in [4.69, 9.17) is 9.15 Å². The number of anilines is 1. The molecule has 0 spiro atoms. The molecule has 3 rings (SSSR count). The highest BCUT2D eigenvalue weighted by molar-refractivity contribution is 5.93. The summed E-state index contributed by atoms with van der Waals surface area (Å²) < 4.78 is 10.5. The normalized spacial score (nSPS) is 14.5. The minimum atomic E-state index is -0.463. The van der Waals surface area contributed by atoms with Gasteiger partial charge < -0.3 is 19.4 Å². The van der Waals surface area contributed by atoms with E-state index in [0.29, 0.717) is 5.58 Å². The molecule has 2 aromatic rings. The SMILES string of the molecule is C=CCOC(=O)c1cc2cc(N3CCNCC3)ccc2o1.Cl. The first-order valence-corrected chi connectivity index (χ1v) is 7.05. The van der Waals surface area contributed by atoms with E-state index in [1.807, 2.05) is 12.1 Å². The Kier molecular flexibility index (Phi) is 5.46. The largest absolute Gasteiger partial charge is 0.456 e. The quantitative estimate of drug-likeness (QED) is 0.692. The van der Waals surface area contributed by atoms with E-state index in [1.165, 1.54) is 6.08 Å². The van der Waals surface area contributed by atoms with Crippen LogP contribution in [0.1, 0.15) is 10.6 Å². The third-order valence-electron chi connectivity index (χ3n) is 3.52. The van der Waals surface area contributed by atoms with Crippen LogP contribution in [0.3, 0.4) is 0 Å². The number of nitrogens with zero attached hydrogens (tertiary/aromatic N) is 1. The van der Waals surface area contributed by atoms with E-state index < -0.39 is 5.97 Å². The molecule has 1 N–H and O–H groups in total. The van der Waals surface area contributed by atoms with Crippen LogP contribution in [0, 0.1) is 0 Å². The van der Waals surface area contributed by atoms with Gasteiger partial charge in [-0.2, -0.15) is 0 Å². The number of halogens is 1. The van der Waals surface area contributed by atoms with Crippen LogP contribution >= 0.6 is 12.4 Å². The fourth-order valence-corrected chi connectivity index (χ4v) is 2.46. The van der Waals surface area contributed by atoms with Crippen molar-refractivity contribution < 1.29 is 13.9 Å². The Hall–Kier alpha value is -1.98. The van der Waals surface area contributed by atoms with E-state index in [2.05, 4.69) is 22.9 Å². The molecular weight excluding hydrogens is 304 g/mol. The highest BCUT2D eigenvalue weighted by Gasteiger charge is 2.15. The van der Waals surface area contributed by atoms with Crippen molar-refractivity contribution in [1.29, 1.82) is 0 Å². The molecule has 0 amide bonds. The monoisotopic (exact) mass is 322 g/mol. The van der Waals surface area contributed by atoms with Crippen molar-refractivity contribution in [1.82, 2.24) is 5.32 Å². The number of esters is 1. The van der Waals surface area contributed by atoms with Gasteiger partial charge in [0.25, 0.3) is 0 Å². The fraction of sp³-hybridized carbons (Fsp3) is 0.312. The van der Waals surface area contributed by atoms with Gasteiger partial charge >= 0.3 is 5.97 Å². The number of hydrogen-bond donors (Lipinski definition) is 1. The lowest BCUT2D eigenvalue weighted by atomic mass is 10.2. The summed E-state index contributed by atoms with van der Waals surface area (Å²) in [5.74, 6) is -0.237. The Morgan fingerprint density at radius 3 is 2.86 bits per heavy atom. The molecule has 1 saturated heterocycles. The first-order chi connectivity index (χ1) is 10.3. The maximum atomic E-state index is 11.8. The minimum absolute atomic E-state index is 0. The number of ether oxygens (including phenoxy) is 1. The number of benzene rings is 1. The van der Waals surface area contributed by atoms with Crippen molar-refractivity contribution in [3.63, 3.8) is 0 Å². The van der Waals surface area contributed by atoms with Crippen molar-refractivity contribution in [2.24, 2.45) is 0 Å². The van der Waals surface area contributed by atoms with E-state index in [1.54, 1.807) is 6.07 Å². The zero-order valence-corrected chi connectivity index (χ0v) is 13.0. The summed E-state index contributed by atoms with van der Waals surface area (Å²) in [6.07, 6.45) is 1.53. The van der Waals surface area contributed by atoms with Crippen LogP contribution in [0.2, 0.25) is 0 Å². The molecule has 6 heteroatoms. The smallest absolute Gasteiger partial charge is 0.374 e. The second kappa shape index (κ2) is 7.33. The molecule has 1 aliphatic rings. The average molecular weight is 323 g/mol. The molecule has 0 atom stereocenters. The van der Waals surface area contributed by atoms with E-state index in [0.717, 1.165) is 37.3 Å². The van der Waals surface area contributed by atoms with E-state index in [9.17, 15) is 4.79 Å². The van der Waals surface area contributed by atoms with Gasteiger partial charge in [0, 0.05) is 37.3 Å². The van der Waals surface area contributed by atoms with Crippen LogP contribution in [0.15, 0.2) is 41.3 Å². The first kappa shape index (κ1) is 16.4. The van der Waals surface area contributed by atoms with Crippen LogP contribution in [0.4, 0.5) is 5.69 Å². The van der Waals surface area contributed by atoms with Crippen molar-refractivity contribution in [3.05, 3.63) is 42.7 Å². The molecular formula is C16H19ClN2O3. The summed E-state index contributed by atoms with van der Waals surface area (Å²) in [5.41, 5.74) is 1.84. The number of rotatable bonds is 4. The molecule has 5 nitrogen and oxygen atoms in total. The molecule has 0 unspecified atom stereocenters. The maximum absolute atomic E-state index is 11.8. The number of nitrogens with one attached hydrogen (secondary N) is 1. The van der Waals surface area contributed by atoms with E-state index in [-0.39, 0.29) is 24.8 Å². The highest BCUT2D eigenvalue weighted by atomic mass is 35.5. The lowest BCUT2D eigenvalue weighted by Gasteiger charge is -2.29. The molecule has 22 heavy (non-hydrogen) atoms. The molecule has 0 aliphatic carbocycles. The van der Waals surface area contributed by atoms with Crippen molar-refractivity contribution in [2.45, 2.75) is 0 Å². The third-order valence-corrected chi connectivity index (χ3v) is 3.52. The lowest BCUT2D eigenvalue weighted by Crippen LogP contribution is -2.43.